The number of hydrogen-bond donors (Lipinski definition) is 1. The van der Waals surface area contributed by atoms with E-state index in [4.69, 9.17) is 17.3 Å². The third kappa shape index (κ3) is 2.69. The van der Waals surface area contributed by atoms with E-state index in [1.807, 2.05) is 7.05 Å². The number of nitrogen functional groups attached to an aromatic ring is 1. The normalized spacial score (nSPS) is 19.8. The van der Waals surface area contributed by atoms with E-state index >= 15 is 0 Å². The summed E-state index contributed by atoms with van der Waals surface area (Å²) >= 11 is 6.17. The van der Waals surface area contributed by atoms with Gasteiger partial charge in [0.15, 0.2) is 5.82 Å². The molecule has 2 rings (SSSR count). The van der Waals surface area contributed by atoms with E-state index < -0.39 is 0 Å². The lowest BCUT2D eigenvalue weighted by Crippen LogP contribution is -2.37. The zero-order chi connectivity index (χ0) is 13.3. The highest BCUT2D eigenvalue weighted by molar-refractivity contribution is 6.35. The summed E-state index contributed by atoms with van der Waals surface area (Å²) in [5.74, 6) is 1.10. The SMILES string of the molecule is CN(c1ncnc(N)c1Cl)C1CCC(C)(C)CC1. The maximum Gasteiger partial charge on any atom is 0.153 e. The van der Waals surface area contributed by atoms with Crippen molar-refractivity contribution in [3.63, 3.8) is 0 Å². The fourth-order valence-electron chi connectivity index (χ4n) is 2.56. The first kappa shape index (κ1) is 13.4. The van der Waals surface area contributed by atoms with Crippen molar-refractivity contribution < 1.29 is 0 Å². The van der Waals surface area contributed by atoms with Gasteiger partial charge in [-0.2, -0.15) is 0 Å². The molecule has 1 aromatic heterocycles. The molecule has 0 spiro atoms. The summed E-state index contributed by atoms with van der Waals surface area (Å²) in [6.45, 7) is 4.66. The van der Waals surface area contributed by atoms with Crippen molar-refractivity contribution in [1.29, 1.82) is 0 Å². The van der Waals surface area contributed by atoms with E-state index in [2.05, 4.69) is 28.7 Å². The fraction of sp³-hybridized carbons (Fsp3) is 0.692. The number of nitrogens with zero attached hydrogens (tertiary/aromatic N) is 3. The molecule has 4 nitrogen and oxygen atoms in total. The Labute approximate surface area is 114 Å². The van der Waals surface area contributed by atoms with Crippen molar-refractivity contribution in [3.8, 4) is 0 Å². The molecule has 1 aliphatic carbocycles. The molecule has 5 heteroatoms. The molecule has 1 saturated carbocycles. The first-order valence-electron chi connectivity index (χ1n) is 6.39. The summed E-state index contributed by atoms with van der Waals surface area (Å²) < 4.78 is 0. The van der Waals surface area contributed by atoms with E-state index in [0.29, 0.717) is 22.3 Å². The third-order valence-corrected chi connectivity index (χ3v) is 4.35. The minimum atomic E-state index is 0.352. The summed E-state index contributed by atoms with van der Waals surface area (Å²) in [4.78, 5) is 10.3. The van der Waals surface area contributed by atoms with Gasteiger partial charge < -0.3 is 10.6 Å². The molecule has 0 amide bonds. The van der Waals surface area contributed by atoms with Gasteiger partial charge in [0.2, 0.25) is 0 Å². The highest BCUT2D eigenvalue weighted by Gasteiger charge is 2.30. The van der Waals surface area contributed by atoms with Crippen LogP contribution in [0.5, 0.6) is 0 Å². The van der Waals surface area contributed by atoms with E-state index in [1.165, 1.54) is 32.0 Å². The maximum absolute atomic E-state index is 6.17. The van der Waals surface area contributed by atoms with Crippen LogP contribution in [0, 0.1) is 5.41 Å². The van der Waals surface area contributed by atoms with Crippen molar-refractivity contribution in [1.82, 2.24) is 9.97 Å². The summed E-state index contributed by atoms with van der Waals surface area (Å²) in [7, 11) is 2.04. The Balaban J connectivity index is 2.12. The number of anilines is 2. The summed E-state index contributed by atoms with van der Waals surface area (Å²) in [6, 6.07) is 0.491. The molecule has 0 unspecified atom stereocenters. The second kappa shape index (κ2) is 4.92. The summed E-state index contributed by atoms with van der Waals surface area (Å²) in [5.41, 5.74) is 6.19. The van der Waals surface area contributed by atoms with Gasteiger partial charge in [-0.15, -0.1) is 0 Å². The highest BCUT2D eigenvalue weighted by atomic mass is 35.5. The molecule has 0 radical (unpaired) electrons. The number of hydrogen-bond acceptors (Lipinski definition) is 4. The Morgan fingerprint density at radius 2 is 1.94 bits per heavy atom. The van der Waals surface area contributed by atoms with Crippen molar-refractivity contribution in [2.75, 3.05) is 17.7 Å². The van der Waals surface area contributed by atoms with Crippen LogP contribution in [0.4, 0.5) is 11.6 Å². The van der Waals surface area contributed by atoms with Gasteiger partial charge in [0, 0.05) is 13.1 Å². The van der Waals surface area contributed by atoms with E-state index in [0.717, 1.165) is 5.82 Å². The van der Waals surface area contributed by atoms with Gasteiger partial charge >= 0.3 is 0 Å². The Kier molecular flexibility index (Phi) is 3.66. The molecule has 100 valence electrons. The first-order valence-corrected chi connectivity index (χ1v) is 6.77. The molecule has 18 heavy (non-hydrogen) atoms. The van der Waals surface area contributed by atoms with Gasteiger partial charge in [-0.1, -0.05) is 25.4 Å². The standard InChI is InChI=1S/C13H21ClN4/c1-13(2)6-4-9(5-7-13)18(3)12-10(14)11(15)16-8-17-12/h8-9H,4-7H2,1-3H3,(H2,15,16,17). The Bertz CT molecular complexity index is 423. The van der Waals surface area contributed by atoms with Crippen LogP contribution in [-0.2, 0) is 0 Å². The van der Waals surface area contributed by atoms with Crippen LogP contribution in [-0.4, -0.2) is 23.1 Å². The zero-order valence-electron chi connectivity index (χ0n) is 11.3. The van der Waals surface area contributed by atoms with E-state index in [9.17, 15) is 0 Å². The van der Waals surface area contributed by atoms with E-state index in [-0.39, 0.29) is 0 Å². The van der Waals surface area contributed by atoms with Crippen molar-refractivity contribution in [2.45, 2.75) is 45.6 Å². The Hall–Kier alpha value is -1.03. The minimum Gasteiger partial charge on any atom is -0.382 e. The maximum atomic E-state index is 6.17. The second-order valence-corrected chi connectivity index (χ2v) is 6.28. The molecule has 0 atom stereocenters. The molecule has 1 heterocycles. The number of halogens is 1. The number of nitrogens with two attached hydrogens (primary N) is 1. The first-order chi connectivity index (χ1) is 8.41. The second-order valence-electron chi connectivity index (χ2n) is 5.90. The lowest BCUT2D eigenvalue weighted by molar-refractivity contribution is 0.222. The number of rotatable bonds is 2. The van der Waals surface area contributed by atoms with Gasteiger partial charge in [-0.25, -0.2) is 9.97 Å². The molecule has 1 aliphatic rings. The van der Waals surface area contributed by atoms with E-state index in [1.54, 1.807) is 0 Å². The Morgan fingerprint density at radius 1 is 1.33 bits per heavy atom. The molecule has 0 saturated heterocycles. The monoisotopic (exact) mass is 268 g/mol. The van der Waals surface area contributed by atoms with Crippen molar-refractivity contribution in [2.24, 2.45) is 5.41 Å². The van der Waals surface area contributed by atoms with Crippen LogP contribution < -0.4 is 10.6 Å². The van der Waals surface area contributed by atoms with Gasteiger partial charge in [-0.05, 0) is 31.1 Å². The quantitative estimate of drug-likeness (QED) is 0.895. The topological polar surface area (TPSA) is 55.0 Å². The van der Waals surface area contributed by atoms with Crippen LogP contribution in [0.15, 0.2) is 6.33 Å². The lowest BCUT2D eigenvalue weighted by Gasteiger charge is -2.39. The summed E-state index contributed by atoms with van der Waals surface area (Å²) in [5, 5.41) is 0.463. The van der Waals surface area contributed by atoms with Crippen LogP contribution in [0.3, 0.4) is 0 Å². The van der Waals surface area contributed by atoms with Crippen LogP contribution in [0.1, 0.15) is 39.5 Å². The fourth-order valence-corrected chi connectivity index (χ4v) is 2.79. The molecule has 2 N–H and O–H groups in total. The smallest absolute Gasteiger partial charge is 0.153 e. The average molecular weight is 269 g/mol. The molecule has 0 aromatic carbocycles. The molecule has 0 bridgehead atoms. The zero-order valence-corrected chi connectivity index (χ0v) is 12.0. The molecule has 1 fully saturated rings. The lowest BCUT2D eigenvalue weighted by atomic mass is 9.75. The van der Waals surface area contributed by atoms with Crippen molar-refractivity contribution in [3.05, 3.63) is 11.3 Å². The van der Waals surface area contributed by atoms with Gasteiger partial charge in [0.1, 0.15) is 17.2 Å². The molecular weight excluding hydrogens is 248 g/mol. The van der Waals surface area contributed by atoms with Crippen LogP contribution >= 0.6 is 11.6 Å². The molecular formula is C13H21ClN4. The third-order valence-electron chi connectivity index (χ3n) is 3.99. The summed E-state index contributed by atoms with van der Waals surface area (Å²) in [6.07, 6.45) is 6.29. The number of aromatic nitrogens is 2. The highest BCUT2D eigenvalue weighted by Crippen LogP contribution is 2.38. The average Bonchev–Trinajstić information content (AvgIpc) is 2.32. The predicted octanol–water partition coefficient (Wildman–Crippen LogP) is 3.12. The molecule has 1 aromatic rings. The molecule has 0 aliphatic heterocycles. The van der Waals surface area contributed by atoms with Gasteiger partial charge in [0.05, 0.1) is 0 Å². The van der Waals surface area contributed by atoms with Crippen LogP contribution in [0.2, 0.25) is 5.02 Å². The Morgan fingerprint density at radius 3 is 2.56 bits per heavy atom. The van der Waals surface area contributed by atoms with Gasteiger partial charge in [-0.3, -0.25) is 0 Å². The largest absolute Gasteiger partial charge is 0.382 e. The predicted molar refractivity (Wildman–Crippen MR) is 75.9 cm³/mol. The van der Waals surface area contributed by atoms with Crippen molar-refractivity contribution >= 4 is 23.2 Å². The van der Waals surface area contributed by atoms with Gasteiger partial charge in [0.25, 0.3) is 0 Å². The minimum absolute atomic E-state index is 0.352. The van der Waals surface area contributed by atoms with Crippen LogP contribution in [0.25, 0.3) is 0 Å².